The quantitative estimate of drug-likeness (QED) is 0.793. The Morgan fingerprint density at radius 3 is 2.62 bits per heavy atom. The first-order valence-electron chi connectivity index (χ1n) is 7.50. The van der Waals surface area contributed by atoms with Gasteiger partial charge in [0.2, 0.25) is 0 Å². The predicted octanol–water partition coefficient (Wildman–Crippen LogP) is 5.37. The van der Waals surface area contributed by atoms with Crippen molar-refractivity contribution < 1.29 is 4.52 Å². The van der Waals surface area contributed by atoms with Gasteiger partial charge < -0.3 is 10.3 Å². The minimum atomic E-state index is 0.230. The zero-order valence-electron chi connectivity index (χ0n) is 12.5. The molecule has 1 atom stereocenters. The van der Waals surface area contributed by atoms with Gasteiger partial charge in [0.05, 0.1) is 5.56 Å². The van der Waals surface area contributed by atoms with Crippen LogP contribution in [0.3, 0.4) is 0 Å². The summed E-state index contributed by atoms with van der Waals surface area (Å²) in [6, 6.07) is 8.17. The van der Waals surface area contributed by atoms with Crippen LogP contribution in [0.25, 0.3) is 11.1 Å². The van der Waals surface area contributed by atoms with E-state index in [1.54, 1.807) is 0 Å². The summed E-state index contributed by atoms with van der Waals surface area (Å²) in [5.74, 6) is 1.84. The molecule has 2 aromatic rings. The van der Waals surface area contributed by atoms with Crippen LogP contribution in [0.15, 0.2) is 33.3 Å². The fourth-order valence-corrected chi connectivity index (χ4v) is 3.70. The second-order valence-electron chi connectivity index (χ2n) is 6.60. The summed E-state index contributed by atoms with van der Waals surface area (Å²) in [4.78, 5) is 0. The number of rotatable bonds is 2. The summed E-state index contributed by atoms with van der Waals surface area (Å²) < 4.78 is 6.72. The third kappa shape index (κ3) is 2.73. The molecule has 0 aliphatic heterocycles. The van der Waals surface area contributed by atoms with E-state index < -0.39 is 0 Å². The van der Waals surface area contributed by atoms with Crippen LogP contribution in [-0.2, 0) is 0 Å². The van der Waals surface area contributed by atoms with Crippen molar-refractivity contribution in [3.05, 3.63) is 34.5 Å². The first kappa shape index (κ1) is 14.6. The molecule has 0 bridgehead atoms. The number of nitrogen functional groups attached to an aromatic ring is 1. The Morgan fingerprint density at radius 2 is 1.95 bits per heavy atom. The molecule has 1 heterocycles. The maximum absolute atomic E-state index is 6.09. The summed E-state index contributed by atoms with van der Waals surface area (Å²) in [6.45, 7) is 4.64. The van der Waals surface area contributed by atoms with E-state index in [2.05, 4.69) is 47.1 Å². The molecule has 3 nitrogen and oxygen atoms in total. The van der Waals surface area contributed by atoms with Crippen molar-refractivity contribution in [2.75, 3.05) is 5.73 Å². The molecule has 1 fully saturated rings. The van der Waals surface area contributed by atoms with Crippen LogP contribution in [0.5, 0.6) is 0 Å². The topological polar surface area (TPSA) is 52.0 Å². The summed E-state index contributed by atoms with van der Waals surface area (Å²) in [5, 5.41) is 4.05. The van der Waals surface area contributed by atoms with Gasteiger partial charge in [0.25, 0.3) is 0 Å². The average Bonchev–Trinajstić information content (AvgIpc) is 2.81. The number of halogens is 1. The zero-order valence-corrected chi connectivity index (χ0v) is 14.1. The summed E-state index contributed by atoms with van der Waals surface area (Å²) in [5.41, 5.74) is 8.37. The average molecular weight is 349 g/mol. The fraction of sp³-hybridized carbons (Fsp3) is 0.471. The maximum atomic E-state index is 6.09. The Kier molecular flexibility index (Phi) is 3.82. The second-order valence-corrected chi connectivity index (χ2v) is 7.52. The van der Waals surface area contributed by atoms with Crippen LogP contribution in [0.4, 0.5) is 5.82 Å². The Balaban J connectivity index is 2.06. The number of benzene rings is 1. The SMILES string of the molecule is CC1(C)CCCCC1c1onc(N)c1-c1ccc(Br)cc1. The first-order valence-corrected chi connectivity index (χ1v) is 8.29. The molecule has 21 heavy (non-hydrogen) atoms. The van der Waals surface area contributed by atoms with Gasteiger partial charge in [0.15, 0.2) is 5.82 Å². The lowest BCUT2D eigenvalue weighted by Gasteiger charge is -2.37. The van der Waals surface area contributed by atoms with Gasteiger partial charge >= 0.3 is 0 Å². The van der Waals surface area contributed by atoms with E-state index in [-0.39, 0.29) is 5.41 Å². The lowest BCUT2D eigenvalue weighted by atomic mass is 9.67. The minimum Gasteiger partial charge on any atom is -0.380 e. The van der Waals surface area contributed by atoms with Gasteiger partial charge in [-0.3, -0.25) is 0 Å². The van der Waals surface area contributed by atoms with Gasteiger partial charge in [-0.05, 0) is 36.0 Å². The Bertz CT molecular complexity index is 631. The van der Waals surface area contributed by atoms with Crippen LogP contribution < -0.4 is 5.73 Å². The molecular weight excluding hydrogens is 328 g/mol. The minimum absolute atomic E-state index is 0.230. The summed E-state index contributed by atoms with van der Waals surface area (Å²) in [6.07, 6.45) is 4.90. The largest absolute Gasteiger partial charge is 0.380 e. The molecule has 1 saturated carbocycles. The molecule has 1 aromatic carbocycles. The lowest BCUT2D eigenvalue weighted by molar-refractivity contribution is 0.169. The van der Waals surface area contributed by atoms with E-state index in [0.717, 1.165) is 27.8 Å². The molecule has 4 heteroatoms. The molecule has 1 aliphatic rings. The van der Waals surface area contributed by atoms with Crippen molar-refractivity contribution in [2.45, 2.75) is 45.4 Å². The van der Waals surface area contributed by atoms with Crippen LogP contribution in [0.2, 0.25) is 0 Å². The van der Waals surface area contributed by atoms with Crippen molar-refractivity contribution in [1.29, 1.82) is 0 Å². The Labute approximate surface area is 134 Å². The van der Waals surface area contributed by atoms with Crippen molar-refractivity contribution in [1.82, 2.24) is 5.16 Å². The number of nitrogens with zero attached hydrogens (tertiary/aromatic N) is 1. The summed E-state index contributed by atoms with van der Waals surface area (Å²) >= 11 is 3.47. The van der Waals surface area contributed by atoms with E-state index in [1.165, 1.54) is 19.3 Å². The highest BCUT2D eigenvalue weighted by molar-refractivity contribution is 9.10. The smallest absolute Gasteiger partial charge is 0.175 e. The first-order chi connectivity index (χ1) is 9.99. The number of aromatic nitrogens is 1. The van der Waals surface area contributed by atoms with Gasteiger partial charge in [0.1, 0.15) is 5.76 Å². The van der Waals surface area contributed by atoms with Crippen molar-refractivity contribution >= 4 is 21.7 Å². The van der Waals surface area contributed by atoms with Crippen LogP contribution in [0.1, 0.15) is 51.2 Å². The monoisotopic (exact) mass is 348 g/mol. The molecule has 2 N–H and O–H groups in total. The van der Waals surface area contributed by atoms with E-state index in [1.807, 2.05) is 12.1 Å². The van der Waals surface area contributed by atoms with Crippen LogP contribution in [0, 0.1) is 5.41 Å². The summed E-state index contributed by atoms with van der Waals surface area (Å²) in [7, 11) is 0. The lowest BCUT2D eigenvalue weighted by Crippen LogP contribution is -2.26. The van der Waals surface area contributed by atoms with E-state index in [4.69, 9.17) is 10.3 Å². The number of anilines is 1. The normalized spacial score (nSPS) is 21.4. The highest BCUT2D eigenvalue weighted by atomic mass is 79.9. The molecule has 112 valence electrons. The van der Waals surface area contributed by atoms with E-state index in [9.17, 15) is 0 Å². The van der Waals surface area contributed by atoms with Gasteiger partial charge in [0, 0.05) is 10.4 Å². The fourth-order valence-electron chi connectivity index (χ4n) is 3.44. The zero-order chi connectivity index (χ0) is 15.0. The predicted molar refractivity (Wildman–Crippen MR) is 89.0 cm³/mol. The molecule has 0 spiro atoms. The van der Waals surface area contributed by atoms with Crippen molar-refractivity contribution in [2.24, 2.45) is 5.41 Å². The van der Waals surface area contributed by atoms with Gasteiger partial charge in [-0.2, -0.15) is 0 Å². The molecule has 0 saturated heterocycles. The highest BCUT2D eigenvalue weighted by Crippen LogP contribution is 2.50. The third-order valence-electron chi connectivity index (χ3n) is 4.70. The third-order valence-corrected chi connectivity index (χ3v) is 5.23. The maximum Gasteiger partial charge on any atom is 0.175 e. The van der Waals surface area contributed by atoms with Crippen LogP contribution >= 0.6 is 15.9 Å². The van der Waals surface area contributed by atoms with Crippen LogP contribution in [-0.4, -0.2) is 5.16 Å². The van der Waals surface area contributed by atoms with E-state index in [0.29, 0.717) is 11.7 Å². The van der Waals surface area contributed by atoms with Gasteiger partial charge in [-0.25, -0.2) is 0 Å². The van der Waals surface area contributed by atoms with Gasteiger partial charge in [-0.15, -0.1) is 0 Å². The van der Waals surface area contributed by atoms with Crippen molar-refractivity contribution in [3.63, 3.8) is 0 Å². The molecule has 1 aromatic heterocycles. The number of nitrogens with two attached hydrogens (primary N) is 1. The standard InChI is InChI=1S/C17H21BrN2O/c1-17(2)10-4-3-5-13(17)15-14(16(19)20-21-15)11-6-8-12(18)9-7-11/h6-9,13H,3-5,10H2,1-2H3,(H2,19,20). The number of hydrogen-bond donors (Lipinski definition) is 1. The van der Waals surface area contributed by atoms with E-state index >= 15 is 0 Å². The molecule has 1 unspecified atom stereocenters. The Hall–Kier alpha value is -1.29. The highest BCUT2D eigenvalue weighted by Gasteiger charge is 2.38. The Morgan fingerprint density at radius 1 is 1.24 bits per heavy atom. The van der Waals surface area contributed by atoms with Gasteiger partial charge in [-0.1, -0.05) is 59.9 Å². The molecule has 0 amide bonds. The second kappa shape index (κ2) is 5.48. The molecule has 0 radical (unpaired) electrons. The molecule has 1 aliphatic carbocycles. The molecular formula is C17H21BrN2O. The number of hydrogen-bond acceptors (Lipinski definition) is 3. The molecule has 3 rings (SSSR count). The van der Waals surface area contributed by atoms with Crippen molar-refractivity contribution in [3.8, 4) is 11.1 Å².